The summed E-state index contributed by atoms with van der Waals surface area (Å²) in [5.41, 5.74) is 6.37. The minimum Gasteiger partial charge on any atom is -0.491 e. The van der Waals surface area contributed by atoms with Crippen LogP contribution in [0.15, 0.2) is 53.7 Å². The lowest BCUT2D eigenvalue weighted by Gasteiger charge is -2.38. The average molecular weight is 499 g/mol. The molecule has 7 nitrogen and oxygen atoms in total. The van der Waals surface area contributed by atoms with Crippen LogP contribution in [0, 0.1) is 12.7 Å². The molecule has 0 aliphatic carbocycles. The first kappa shape index (κ1) is 23.3. The fourth-order valence-corrected chi connectivity index (χ4v) is 5.43. The summed E-state index contributed by atoms with van der Waals surface area (Å²) < 4.78 is 20.1. The Hall–Kier alpha value is -4.07. The van der Waals surface area contributed by atoms with Crippen LogP contribution in [0.1, 0.15) is 41.3 Å². The van der Waals surface area contributed by atoms with Crippen LogP contribution >= 0.6 is 0 Å². The van der Waals surface area contributed by atoms with Crippen molar-refractivity contribution in [2.24, 2.45) is 4.99 Å². The maximum Gasteiger partial charge on any atom is 0.320 e. The molecule has 2 amide bonds. The summed E-state index contributed by atoms with van der Waals surface area (Å²) >= 11 is 0. The van der Waals surface area contributed by atoms with E-state index in [1.165, 1.54) is 12.1 Å². The molecule has 4 heterocycles. The van der Waals surface area contributed by atoms with Crippen molar-refractivity contribution in [1.82, 2.24) is 14.8 Å². The number of urea groups is 1. The SMILES string of the molecule is Cc1cc(-c2cnc3c(c2)N=CC3)cc2c1OCCN(C(=O)N1CCC(=O)CC1c1cccc(F)c1)C2. The van der Waals surface area contributed by atoms with Gasteiger partial charge in [-0.15, -0.1) is 0 Å². The molecule has 1 saturated heterocycles. The van der Waals surface area contributed by atoms with Crippen LogP contribution < -0.4 is 4.74 Å². The van der Waals surface area contributed by atoms with Gasteiger partial charge in [-0.25, -0.2) is 9.18 Å². The van der Waals surface area contributed by atoms with Crippen LogP contribution in [0.4, 0.5) is 14.9 Å². The van der Waals surface area contributed by atoms with Gasteiger partial charge in [0.1, 0.15) is 24.0 Å². The molecule has 0 saturated carbocycles. The second-order valence-electron chi connectivity index (χ2n) is 9.80. The van der Waals surface area contributed by atoms with Crippen molar-refractivity contribution in [3.8, 4) is 16.9 Å². The molecular formula is C29H27FN4O3. The van der Waals surface area contributed by atoms with Crippen molar-refractivity contribution in [1.29, 1.82) is 0 Å². The highest BCUT2D eigenvalue weighted by Gasteiger charge is 2.35. The van der Waals surface area contributed by atoms with Gasteiger partial charge in [-0.05, 0) is 53.9 Å². The van der Waals surface area contributed by atoms with E-state index in [-0.39, 0.29) is 24.1 Å². The second kappa shape index (κ2) is 9.42. The number of hydrogen-bond donors (Lipinski definition) is 0. The number of aryl methyl sites for hydroxylation is 1. The van der Waals surface area contributed by atoms with Gasteiger partial charge in [-0.2, -0.15) is 0 Å². The number of halogens is 1. The van der Waals surface area contributed by atoms with E-state index in [1.54, 1.807) is 21.9 Å². The molecule has 3 aliphatic rings. The number of ketones is 1. The van der Waals surface area contributed by atoms with E-state index in [0.29, 0.717) is 38.2 Å². The minimum atomic E-state index is -0.487. The number of benzene rings is 2. The highest BCUT2D eigenvalue weighted by molar-refractivity contribution is 5.84. The highest BCUT2D eigenvalue weighted by atomic mass is 19.1. The molecule has 1 atom stereocenters. The predicted octanol–water partition coefficient (Wildman–Crippen LogP) is 5.18. The number of carbonyl (C=O) groups excluding carboxylic acids is 2. The number of rotatable bonds is 2. The summed E-state index contributed by atoms with van der Waals surface area (Å²) in [6, 6.07) is 11.7. The Balaban J connectivity index is 1.30. The number of Topliss-reactive ketones (excluding diaryl/α,β-unsaturated/α-hetero) is 1. The fourth-order valence-electron chi connectivity index (χ4n) is 5.43. The maximum atomic E-state index is 14.0. The van der Waals surface area contributed by atoms with Gasteiger partial charge in [-0.3, -0.25) is 14.8 Å². The van der Waals surface area contributed by atoms with Gasteiger partial charge in [-0.1, -0.05) is 12.1 Å². The van der Waals surface area contributed by atoms with Gasteiger partial charge < -0.3 is 14.5 Å². The number of pyridine rings is 1. The molecule has 0 radical (unpaired) electrons. The Bertz CT molecular complexity index is 1440. The van der Waals surface area contributed by atoms with Gasteiger partial charge in [0.15, 0.2) is 0 Å². The molecule has 3 aromatic rings. The Labute approximate surface area is 214 Å². The van der Waals surface area contributed by atoms with Crippen molar-refractivity contribution < 1.29 is 18.7 Å². The number of amides is 2. The molecule has 37 heavy (non-hydrogen) atoms. The smallest absolute Gasteiger partial charge is 0.320 e. The molecule has 0 spiro atoms. The molecule has 1 fully saturated rings. The highest BCUT2D eigenvalue weighted by Crippen LogP contribution is 2.36. The van der Waals surface area contributed by atoms with Gasteiger partial charge in [0.25, 0.3) is 0 Å². The number of likely N-dealkylation sites (tertiary alicyclic amines) is 1. The average Bonchev–Trinajstić information content (AvgIpc) is 3.26. The van der Waals surface area contributed by atoms with Crippen LogP contribution in [0.3, 0.4) is 0 Å². The van der Waals surface area contributed by atoms with E-state index in [1.807, 2.05) is 25.4 Å². The maximum absolute atomic E-state index is 14.0. The number of hydrogen-bond acceptors (Lipinski definition) is 5. The number of ether oxygens (including phenoxy) is 1. The molecule has 8 heteroatoms. The second-order valence-corrected chi connectivity index (χ2v) is 9.80. The van der Waals surface area contributed by atoms with Crippen LogP contribution in [0.2, 0.25) is 0 Å². The van der Waals surface area contributed by atoms with Gasteiger partial charge in [0.2, 0.25) is 0 Å². The normalized spacial score (nSPS) is 18.8. The first-order valence-corrected chi connectivity index (χ1v) is 12.6. The van der Waals surface area contributed by atoms with Gasteiger partial charge in [0, 0.05) is 49.3 Å². The van der Waals surface area contributed by atoms with E-state index in [2.05, 4.69) is 22.1 Å². The third-order valence-electron chi connectivity index (χ3n) is 7.29. The number of carbonyl (C=O) groups is 2. The molecule has 2 aromatic carbocycles. The zero-order chi connectivity index (χ0) is 25.5. The Kier molecular flexibility index (Phi) is 5.94. The third-order valence-corrected chi connectivity index (χ3v) is 7.29. The van der Waals surface area contributed by atoms with Gasteiger partial charge >= 0.3 is 6.03 Å². The minimum absolute atomic E-state index is 0.0791. The lowest BCUT2D eigenvalue weighted by molar-refractivity contribution is -0.122. The Morgan fingerprint density at radius 1 is 1.14 bits per heavy atom. The molecule has 1 unspecified atom stereocenters. The van der Waals surface area contributed by atoms with E-state index in [4.69, 9.17) is 4.74 Å². The standard InChI is InChI=1S/C29H27FN4O3/c1-18-11-20(21-14-26-25(32-16-21)5-7-31-26)12-22-17-33(9-10-37-28(18)22)29(36)34-8-6-24(35)15-27(34)19-3-2-4-23(30)13-19/h2-4,7,11-14,16,27H,5-6,8-10,15,17H2,1H3. The van der Waals surface area contributed by atoms with Crippen LogP contribution in [0.25, 0.3) is 11.1 Å². The molecule has 6 rings (SSSR count). The zero-order valence-electron chi connectivity index (χ0n) is 20.6. The van der Waals surface area contributed by atoms with E-state index in [9.17, 15) is 14.0 Å². The number of aromatic nitrogens is 1. The predicted molar refractivity (Wildman–Crippen MR) is 138 cm³/mol. The number of aliphatic imine (C=N–C) groups is 1. The molecule has 0 bridgehead atoms. The quantitative estimate of drug-likeness (QED) is 0.488. The third kappa shape index (κ3) is 4.48. The van der Waals surface area contributed by atoms with Crippen LogP contribution in [-0.2, 0) is 17.8 Å². The molecular weight excluding hydrogens is 471 g/mol. The monoisotopic (exact) mass is 498 g/mol. The van der Waals surface area contributed by atoms with Gasteiger partial charge in [0.05, 0.1) is 30.5 Å². The van der Waals surface area contributed by atoms with Crippen LogP contribution in [0.5, 0.6) is 5.75 Å². The van der Waals surface area contributed by atoms with E-state index >= 15 is 0 Å². The largest absolute Gasteiger partial charge is 0.491 e. The number of nitrogens with zero attached hydrogens (tertiary/aromatic N) is 4. The molecule has 3 aliphatic heterocycles. The van der Waals surface area contributed by atoms with E-state index in [0.717, 1.165) is 45.8 Å². The first-order valence-electron chi connectivity index (χ1n) is 12.6. The fraction of sp³-hybridized carbons (Fsp3) is 0.310. The summed E-state index contributed by atoms with van der Waals surface area (Å²) in [6.45, 7) is 3.47. The zero-order valence-corrected chi connectivity index (χ0v) is 20.6. The van der Waals surface area contributed by atoms with Crippen molar-refractivity contribution in [3.63, 3.8) is 0 Å². The summed E-state index contributed by atoms with van der Waals surface area (Å²) in [7, 11) is 0. The molecule has 1 aromatic heterocycles. The molecule has 0 N–H and O–H groups in total. The summed E-state index contributed by atoms with van der Waals surface area (Å²) in [5, 5.41) is 0. The number of piperidine rings is 1. The summed E-state index contributed by atoms with van der Waals surface area (Å²) in [5.74, 6) is 0.492. The summed E-state index contributed by atoms with van der Waals surface area (Å²) in [4.78, 5) is 38.6. The summed E-state index contributed by atoms with van der Waals surface area (Å²) in [6.07, 6.45) is 4.97. The Morgan fingerprint density at radius 2 is 2.03 bits per heavy atom. The van der Waals surface area contributed by atoms with Crippen molar-refractivity contribution in [2.45, 2.75) is 38.8 Å². The molecule has 188 valence electrons. The van der Waals surface area contributed by atoms with Crippen LogP contribution in [-0.4, -0.2) is 52.5 Å². The lowest BCUT2D eigenvalue weighted by Crippen LogP contribution is -2.48. The van der Waals surface area contributed by atoms with Crippen molar-refractivity contribution >= 4 is 23.7 Å². The lowest BCUT2D eigenvalue weighted by atomic mass is 9.94. The topological polar surface area (TPSA) is 75.1 Å². The first-order chi connectivity index (χ1) is 18.0. The Morgan fingerprint density at radius 3 is 2.89 bits per heavy atom. The van der Waals surface area contributed by atoms with E-state index < -0.39 is 6.04 Å². The van der Waals surface area contributed by atoms with Crippen molar-refractivity contribution in [3.05, 3.63) is 76.9 Å². The van der Waals surface area contributed by atoms with Crippen molar-refractivity contribution in [2.75, 3.05) is 19.7 Å². The number of fused-ring (bicyclic) bond motifs is 2.